The van der Waals surface area contributed by atoms with E-state index in [1.54, 1.807) is 13.2 Å². The average Bonchev–Trinajstić information content (AvgIpc) is 2.76. The van der Waals surface area contributed by atoms with Crippen LogP contribution >= 0.6 is 0 Å². The summed E-state index contributed by atoms with van der Waals surface area (Å²) in [6, 6.07) is 22.5. The fourth-order valence-corrected chi connectivity index (χ4v) is 3.45. The number of rotatable bonds is 5. The van der Waals surface area contributed by atoms with Crippen molar-refractivity contribution in [3.63, 3.8) is 0 Å². The average molecular weight is 399 g/mol. The number of carbonyl (C=O) groups is 1. The van der Waals surface area contributed by atoms with Gasteiger partial charge in [0.2, 0.25) is 5.91 Å². The summed E-state index contributed by atoms with van der Waals surface area (Å²) in [5, 5.41) is 3.65. The lowest BCUT2D eigenvalue weighted by Crippen LogP contribution is -2.30. The highest BCUT2D eigenvalue weighted by Crippen LogP contribution is 2.26. The Morgan fingerprint density at radius 3 is 2.53 bits per heavy atom. The quantitative estimate of drug-likeness (QED) is 0.550. The standard InChI is InChI=1S/C24H21N3O3/c1-16-12-13-21(30-2)19(14-16)25-22(28)15-27-20-11-7-6-10-18(20)23(26-24(27)29)17-8-4-3-5-9-17/h3-14H,15H2,1-2H3,(H,25,28). The minimum Gasteiger partial charge on any atom is -0.495 e. The lowest BCUT2D eigenvalue weighted by Gasteiger charge is -2.14. The molecule has 1 N–H and O–H groups in total. The number of aromatic nitrogens is 2. The van der Waals surface area contributed by atoms with Crippen molar-refractivity contribution >= 4 is 22.5 Å². The van der Waals surface area contributed by atoms with Crippen LogP contribution in [-0.2, 0) is 11.3 Å². The number of hydrogen-bond acceptors (Lipinski definition) is 4. The van der Waals surface area contributed by atoms with E-state index in [1.165, 1.54) is 4.57 Å². The number of para-hydroxylation sites is 1. The lowest BCUT2D eigenvalue weighted by molar-refractivity contribution is -0.116. The van der Waals surface area contributed by atoms with E-state index in [2.05, 4.69) is 10.3 Å². The number of benzene rings is 3. The maximum absolute atomic E-state index is 12.8. The second-order valence-electron chi connectivity index (χ2n) is 6.96. The second-order valence-corrected chi connectivity index (χ2v) is 6.96. The Bertz CT molecular complexity index is 1280. The van der Waals surface area contributed by atoms with Crippen molar-refractivity contribution < 1.29 is 9.53 Å². The van der Waals surface area contributed by atoms with Crippen LogP contribution in [0.25, 0.3) is 22.2 Å². The predicted octanol–water partition coefficient (Wildman–Crippen LogP) is 4.02. The van der Waals surface area contributed by atoms with Crippen LogP contribution in [0.15, 0.2) is 77.6 Å². The van der Waals surface area contributed by atoms with Crippen LogP contribution in [0.3, 0.4) is 0 Å². The molecule has 1 amide bonds. The van der Waals surface area contributed by atoms with Crippen molar-refractivity contribution in [3.05, 3.63) is 88.8 Å². The molecule has 0 aliphatic carbocycles. The lowest BCUT2D eigenvalue weighted by atomic mass is 10.1. The summed E-state index contributed by atoms with van der Waals surface area (Å²) in [5.74, 6) is 0.226. The van der Waals surface area contributed by atoms with E-state index in [0.717, 1.165) is 16.5 Å². The zero-order chi connectivity index (χ0) is 21.1. The van der Waals surface area contributed by atoms with Gasteiger partial charge in [0.15, 0.2) is 0 Å². The van der Waals surface area contributed by atoms with E-state index >= 15 is 0 Å². The summed E-state index contributed by atoms with van der Waals surface area (Å²) in [6.07, 6.45) is 0. The first-order valence-corrected chi connectivity index (χ1v) is 9.56. The third-order valence-corrected chi connectivity index (χ3v) is 4.87. The first-order chi connectivity index (χ1) is 14.6. The molecule has 1 heterocycles. The van der Waals surface area contributed by atoms with Gasteiger partial charge in [0, 0.05) is 10.9 Å². The fraction of sp³-hybridized carbons (Fsp3) is 0.125. The van der Waals surface area contributed by atoms with Gasteiger partial charge in [0.05, 0.1) is 24.0 Å². The molecular formula is C24H21N3O3. The van der Waals surface area contributed by atoms with Crippen molar-refractivity contribution in [2.75, 3.05) is 12.4 Å². The molecule has 150 valence electrons. The Morgan fingerprint density at radius 2 is 1.77 bits per heavy atom. The van der Waals surface area contributed by atoms with Crippen molar-refractivity contribution in [2.45, 2.75) is 13.5 Å². The van der Waals surface area contributed by atoms with E-state index < -0.39 is 5.69 Å². The molecule has 1 aromatic heterocycles. The maximum atomic E-state index is 12.8. The normalized spacial score (nSPS) is 10.7. The third-order valence-electron chi connectivity index (χ3n) is 4.87. The summed E-state index contributed by atoms with van der Waals surface area (Å²) >= 11 is 0. The SMILES string of the molecule is COc1ccc(C)cc1NC(=O)Cn1c(=O)nc(-c2ccccc2)c2ccccc21. The molecular weight excluding hydrogens is 378 g/mol. The molecule has 30 heavy (non-hydrogen) atoms. The number of fused-ring (bicyclic) bond motifs is 1. The predicted molar refractivity (Wildman–Crippen MR) is 118 cm³/mol. The molecule has 0 fully saturated rings. The van der Waals surface area contributed by atoms with Crippen molar-refractivity contribution in [3.8, 4) is 17.0 Å². The van der Waals surface area contributed by atoms with E-state index in [-0.39, 0.29) is 12.5 Å². The molecule has 0 saturated heterocycles. The molecule has 6 nitrogen and oxygen atoms in total. The maximum Gasteiger partial charge on any atom is 0.349 e. The van der Waals surface area contributed by atoms with Crippen molar-refractivity contribution in [2.24, 2.45) is 0 Å². The summed E-state index contributed by atoms with van der Waals surface area (Å²) in [4.78, 5) is 29.9. The fourth-order valence-electron chi connectivity index (χ4n) is 3.45. The molecule has 4 rings (SSSR count). The Morgan fingerprint density at radius 1 is 1.03 bits per heavy atom. The highest BCUT2D eigenvalue weighted by atomic mass is 16.5. The highest BCUT2D eigenvalue weighted by Gasteiger charge is 2.15. The van der Waals surface area contributed by atoms with Gasteiger partial charge in [0.25, 0.3) is 0 Å². The highest BCUT2D eigenvalue weighted by molar-refractivity contribution is 5.95. The molecule has 0 radical (unpaired) electrons. The number of nitrogens with zero attached hydrogens (tertiary/aromatic N) is 2. The van der Waals surface area contributed by atoms with Gasteiger partial charge in [0.1, 0.15) is 12.3 Å². The molecule has 0 aliphatic rings. The number of nitrogens with one attached hydrogen (secondary N) is 1. The zero-order valence-electron chi connectivity index (χ0n) is 16.8. The Balaban J connectivity index is 1.72. The molecule has 0 spiro atoms. The molecule has 0 atom stereocenters. The van der Waals surface area contributed by atoms with E-state index in [9.17, 15) is 9.59 Å². The number of hydrogen-bond donors (Lipinski definition) is 1. The van der Waals surface area contributed by atoms with Gasteiger partial charge in [-0.05, 0) is 30.7 Å². The van der Waals surface area contributed by atoms with Gasteiger partial charge >= 0.3 is 5.69 Å². The number of carbonyl (C=O) groups excluding carboxylic acids is 1. The Hall–Kier alpha value is -3.93. The molecule has 0 saturated carbocycles. The van der Waals surface area contributed by atoms with Crippen LogP contribution in [0.2, 0.25) is 0 Å². The molecule has 6 heteroatoms. The van der Waals surface area contributed by atoms with Crippen LogP contribution in [0.1, 0.15) is 5.56 Å². The van der Waals surface area contributed by atoms with Gasteiger partial charge < -0.3 is 10.1 Å². The van der Waals surface area contributed by atoms with Gasteiger partial charge in [-0.25, -0.2) is 4.79 Å². The van der Waals surface area contributed by atoms with Crippen molar-refractivity contribution in [1.29, 1.82) is 0 Å². The number of methoxy groups -OCH3 is 1. The van der Waals surface area contributed by atoms with Gasteiger partial charge in [-0.2, -0.15) is 4.98 Å². The van der Waals surface area contributed by atoms with E-state index in [1.807, 2.05) is 73.7 Å². The largest absolute Gasteiger partial charge is 0.495 e. The smallest absolute Gasteiger partial charge is 0.349 e. The number of amides is 1. The van der Waals surface area contributed by atoms with Gasteiger partial charge in [-0.15, -0.1) is 0 Å². The van der Waals surface area contributed by atoms with Crippen LogP contribution in [0.5, 0.6) is 5.75 Å². The summed E-state index contributed by atoms with van der Waals surface area (Å²) < 4.78 is 6.70. The third kappa shape index (κ3) is 3.80. The molecule has 3 aromatic carbocycles. The first-order valence-electron chi connectivity index (χ1n) is 9.56. The number of aryl methyl sites for hydroxylation is 1. The second kappa shape index (κ2) is 8.21. The zero-order valence-corrected chi connectivity index (χ0v) is 16.8. The molecule has 0 aliphatic heterocycles. The van der Waals surface area contributed by atoms with Gasteiger partial charge in [-0.1, -0.05) is 54.6 Å². The van der Waals surface area contributed by atoms with Crippen LogP contribution in [0.4, 0.5) is 5.69 Å². The topological polar surface area (TPSA) is 73.2 Å². The van der Waals surface area contributed by atoms with Crippen LogP contribution < -0.4 is 15.7 Å². The number of ether oxygens (including phenoxy) is 1. The molecule has 4 aromatic rings. The summed E-state index contributed by atoms with van der Waals surface area (Å²) in [5.41, 5.74) is 3.19. The van der Waals surface area contributed by atoms with E-state index in [0.29, 0.717) is 22.6 Å². The molecule has 0 unspecified atom stereocenters. The van der Waals surface area contributed by atoms with Crippen LogP contribution in [0, 0.1) is 6.92 Å². The number of anilines is 1. The van der Waals surface area contributed by atoms with Gasteiger partial charge in [-0.3, -0.25) is 9.36 Å². The summed E-state index contributed by atoms with van der Waals surface area (Å²) in [7, 11) is 1.55. The minimum atomic E-state index is -0.473. The Labute approximate surface area is 173 Å². The van der Waals surface area contributed by atoms with E-state index in [4.69, 9.17) is 4.74 Å². The minimum absolute atomic E-state index is 0.154. The van der Waals surface area contributed by atoms with Crippen LogP contribution in [-0.4, -0.2) is 22.6 Å². The van der Waals surface area contributed by atoms with Crippen molar-refractivity contribution in [1.82, 2.24) is 9.55 Å². The Kier molecular flexibility index (Phi) is 5.30. The monoisotopic (exact) mass is 399 g/mol. The molecule has 0 bridgehead atoms. The first kappa shape index (κ1) is 19.4. The summed E-state index contributed by atoms with van der Waals surface area (Å²) in [6.45, 7) is 1.78.